The summed E-state index contributed by atoms with van der Waals surface area (Å²) >= 11 is 0. The van der Waals surface area contributed by atoms with Crippen molar-refractivity contribution in [3.05, 3.63) is 0 Å². The van der Waals surface area contributed by atoms with Crippen LogP contribution in [-0.4, -0.2) is 43.6 Å². The molecule has 1 aliphatic rings. The number of hydrogen-bond donors (Lipinski definition) is 2. The van der Waals surface area contributed by atoms with Gasteiger partial charge in [0, 0.05) is 19.6 Å². The fourth-order valence-corrected chi connectivity index (χ4v) is 2.69. The van der Waals surface area contributed by atoms with E-state index >= 15 is 0 Å². The molecule has 0 saturated carbocycles. The molecule has 2 N–H and O–H groups in total. The number of nitrogens with one attached hydrogen (secondary N) is 1. The number of hydrogen-bond acceptors (Lipinski definition) is 3. The molecule has 84 valence electrons. The van der Waals surface area contributed by atoms with Crippen LogP contribution in [0.5, 0.6) is 0 Å². The summed E-state index contributed by atoms with van der Waals surface area (Å²) in [7, 11) is -3.34. The molecule has 1 atom stereocenters. The Morgan fingerprint density at radius 3 is 2.50 bits per heavy atom. The van der Waals surface area contributed by atoms with E-state index in [9.17, 15) is 13.5 Å². The zero-order valence-corrected chi connectivity index (χ0v) is 9.26. The molecule has 0 spiro atoms. The van der Waals surface area contributed by atoms with Gasteiger partial charge in [0.25, 0.3) is 10.2 Å². The van der Waals surface area contributed by atoms with E-state index in [1.54, 1.807) is 0 Å². The van der Waals surface area contributed by atoms with Crippen LogP contribution in [0, 0.1) is 0 Å². The molecule has 1 saturated heterocycles. The van der Waals surface area contributed by atoms with Crippen molar-refractivity contribution >= 4 is 10.2 Å². The lowest BCUT2D eigenvalue weighted by atomic mass is 10.3. The molecule has 0 bridgehead atoms. The average Bonchev–Trinajstić information content (AvgIpc) is 2.67. The van der Waals surface area contributed by atoms with E-state index in [2.05, 4.69) is 4.72 Å². The van der Waals surface area contributed by atoms with Crippen molar-refractivity contribution in [2.75, 3.05) is 19.6 Å². The fraction of sp³-hybridized carbons (Fsp3) is 1.00. The molecule has 6 heteroatoms. The van der Waals surface area contributed by atoms with Crippen molar-refractivity contribution < 1.29 is 13.5 Å². The number of aliphatic hydroxyl groups excluding tert-OH is 1. The van der Waals surface area contributed by atoms with Crippen LogP contribution in [0.3, 0.4) is 0 Å². The highest BCUT2D eigenvalue weighted by molar-refractivity contribution is 7.87. The molecule has 5 nitrogen and oxygen atoms in total. The van der Waals surface area contributed by atoms with Gasteiger partial charge in [-0.3, -0.25) is 0 Å². The molecule has 1 aliphatic heterocycles. The van der Waals surface area contributed by atoms with Crippen molar-refractivity contribution in [1.82, 2.24) is 9.03 Å². The minimum atomic E-state index is -3.34. The van der Waals surface area contributed by atoms with Gasteiger partial charge in [-0.15, -0.1) is 0 Å². The third-order valence-electron chi connectivity index (χ3n) is 2.38. The molecule has 1 rings (SSSR count). The van der Waals surface area contributed by atoms with E-state index in [-0.39, 0.29) is 6.54 Å². The Morgan fingerprint density at radius 1 is 1.43 bits per heavy atom. The largest absolute Gasteiger partial charge is 0.392 e. The lowest BCUT2D eigenvalue weighted by molar-refractivity contribution is 0.173. The Hall–Kier alpha value is -0.170. The molecule has 1 heterocycles. The van der Waals surface area contributed by atoms with Crippen LogP contribution in [0.4, 0.5) is 0 Å². The molecule has 1 fully saturated rings. The van der Waals surface area contributed by atoms with E-state index < -0.39 is 16.3 Å². The Morgan fingerprint density at radius 2 is 2.00 bits per heavy atom. The first-order chi connectivity index (χ1) is 6.56. The van der Waals surface area contributed by atoms with Gasteiger partial charge < -0.3 is 5.11 Å². The van der Waals surface area contributed by atoms with Gasteiger partial charge in [-0.2, -0.15) is 17.4 Å². The van der Waals surface area contributed by atoms with Gasteiger partial charge in [0.05, 0.1) is 6.10 Å². The predicted octanol–water partition coefficient (Wildman–Crippen LogP) is -0.313. The first kappa shape index (κ1) is 11.9. The minimum Gasteiger partial charge on any atom is -0.392 e. The van der Waals surface area contributed by atoms with Crippen LogP contribution in [0.1, 0.15) is 26.2 Å². The second kappa shape index (κ2) is 5.06. The summed E-state index contributed by atoms with van der Waals surface area (Å²) in [6.07, 6.45) is 1.82. The molecule has 0 amide bonds. The van der Waals surface area contributed by atoms with E-state index in [0.717, 1.165) is 12.8 Å². The monoisotopic (exact) mass is 222 g/mol. The number of rotatable bonds is 5. The van der Waals surface area contributed by atoms with Crippen molar-refractivity contribution in [2.24, 2.45) is 0 Å². The lowest BCUT2D eigenvalue weighted by Gasteiger charge is -2.17. The second-order valence-corrected chi connectivity index (χ2v) is 5.28. The van der Waals surface area contributed by atoms with Crippen molar-refractivity contribution in [3.8, 4) is 0 Å². The van der Waals surface area contributed by atoms with Crippen molar-refractivity contribution in [3.63, 3.8) is 0 Å². The second-order valence-electron chi connectivity index (χ2n) is 3.52. The van der Waals surface area contributed by atoms with Crippen molar-refractivity contribution in [1.29, 1.82) is 0 Å². The first-order valence-electron chi connectivity index (χ1n) is 4.99. The van der Waals surface area contributed by atoms with Gasteiger partial charge in [-0.1, -0.05) is 6.92 Å². The topological polar surface area (TPSA) is 69.6 Å². The quantitative estimate of drug-likeness (QED) is 0.670. The maximum Gasteiger partial charge on any atom is 0.279 e. The Bertz CT molecular complexity index is 260. The van der Waals surface area contributed by atoms with E-state index in [1.807, 2.05) is 6.92 Å². The molecule has 1 unspecified atom stereocenters. The average molecular weight is 222 g/mol. The summed E-state index contributed by atoms with van der Waals surface area (Å²) in [5.74, 6) is 0. The van der Waals surface area contributed by atoms with Gasteiger partial charge in [0.2, 0.25) is 0 Å². The SMILES string of the molecule is CCC(O)CNS(=O)(=O)N1CCCC1. The van der Waals surface area contributed by atoms with Crippen LogP contribution >= 0.6 is 0 Å². The van der Waals surface area contributed by atoms with Gasteiger partial charge in [-0.25, -0.2) is 0 Å². The summed E-state index contributed by atoms with van der Waals surface area (Å²) in [5.41, 5.74) is 0. The minimum absolute atomic E-state index is 0.106. The van der Waals surface area contributed by atoms with Crippen LogP contribution in [0.25, 0.3) is 0 Å². The maximum absolute atomic E-state index is 11.6. The van der Waals surface area contributed by atoms with Crippen LogP contribution in [0.15, 0.2) is 0 Å². The van der Waals surface area contributed by atoms with E-state index in [4.69, 9.17) is 0 Å². The standard InChI is InChI=1S/C8H18N2O3S/c1-2-8(11)7-9-14(12,13)10-5-3-4-6-10/h8-9,11H,2-7H2,1H3. The summed E-state index contributed by atoms with van der Waals surface area (Å²) in [6.45, 7) is 3.11. The number of aliphatic hydroxyl groups is 1. The van der Waals surface area contributed by atoms with Crippen LogP contribution < -0.4 is 4.72 Å². The summed E-state index contributed by atoms with van der Waals surface area (Å²) in [5, 5.41) is 9.22. The van der Waals surface area contributed by atoms with Gasteiger partial charge >= 0.3 is 0 Å². The Kier molecular flexibility index (Phi) is 4.31. The Balaban J connectivity index is 2.41. The van der Waals surface area contributed by atoms with E-state index in [1.165, 1.54) is 4.31 Å². The zero-order chi connectivity index (χ0) is 10.6. The predicted molar refractivity (Wildman–Crippen MR) is 54.0 cm³/mol. The third-order valence-corrected chi connectivity index (χ3v) is 3.95. The van der Waals surface area contributed by atoms with Crippen molar-refractivity contribution in [2.45, 2.75) is 32.3 Å². The molecule has 0 radical (unpaired) electrons. The molecular weight excluding hydrogens is 204 g/mol. The number of nitrogens with zero attached hydrogens (tertiary/aromatic N) is 1. The van der Waals surface area contributed by atoms with Crippen LogP contribution in [-0.2, 0) is 10.2 Å². The fourth-order valence-electron chi connectivity index (χ4n) is 1.37. The highest BCUT2D eigenvalue weighted by Crippen LogP contribution is 2.10. The van der Waals surface area contributed by atoms with Crippen LogP contribution in [0.2, 0.25) is 0 Å². The normalized spacial score (nSPS) is 21.3. The molecule has 0 aliphatic carbocycles. The van der Waals surface area contributed by atoms with E-state index in [0.29, 0.717) is 19.5 Å². The highest BCUT2D eigenvalue weighted by Gasteiger charge is 2.24. The first-order valence-corrected chi connectivity index (χ1v) is 6.43. The molecular formula is C8H18N2O3S. The molecule has 0 aromatic rings. The molecule has 0 aromatic heterocycles. The lowest BCUT2D eigenvalue weighted by Crippen LogP contribution is -2.41. The molecule has 14 heavy (non-hydrogen) atoms. The maximum atomic E-state index is 11.6. The van der Waals surface area contributed by atoms with Gasteiger partial charge in [-0.05, 0) is 19.3 Å². The van der Waals surface area contributed by atoms with Gasteiger partial charge in [0.1, 0.15) is 0 Å². The summed E-state index contributed by atoms with van der Waals surface area (Å²) in [4.78, 5) is 0. The zero-order valence-electron chi connectivity index (χ0n) is 8.44. The highest BCUT2D eigenvalue weighted by atomic mass is 32.2. The summed E-state index contributed by atoms with van der Waals surface area (Å²) < 4.78 is 26.9. The smallest absolute Gasteiger partial charge is 0.279 e. The summed E-state index contributed by atoms with van der Waals surface area (Å²) in [6, 6.07) is 0. The van der Waals surface area contributed by atoms with Gasteiger partial charge in [0.15, 0.2) is 0 Å². The Labute approximate surface area is 85.3 Å². The molecule has 0 aromatic carbocycles. The third kappa shape index (κ3) is 3.20.